The topological polar surface area (TPSA) is 43.6 Å². The molecule has 4 heteroatoms. The van der Waals surface area contributed by atoms with Gasteiger partial charge < -0.3 is 0 Å². The van der Waals surface area contributed by atoms with Gasteiger partial charge in [-0.25, -0.2) is 4.98 Å². The number of aromatic nitrogens is 4. The first-order valence-electron chi connectivity index (χ1n) is 14.9. The molecule has 1 aliphatic carbocycles. The molecule has 1 atom stereocenters. The van der Waals surface area contributed by atoms with Crippen molar-refractivity contribution in [1.82, 2.24) is 19.5 Å². The maximum atomic E-state index is 5.19. The van der Waals surface area contributed by atoms with Crippen LogP contribution in [0.2, 0.25) is 0 Å². The smallest absolute Gasteiger partial charge is 0.238 e. The molecule has 44 heavy (non-hydrogen) atoms. The van der Waals surface area contributed by atoms with Crippen molar-refractivity contribution in [3.63, 3.8) is 0 Å². The summed E-state index contributed by atoms with van der Waals surface area (Å²) in [4.78, 5) is 15.3. The van der Waals surface area contributed by atoms with Gasteiger partial charge in [-0.1, -0.05) is 146 Å². The summed E-state index contributed by atoms with van der Waals surface area (Å²) in [7, 11) is 0. The van der Waals surface area contributed by atoms with E-state index in [-0.39, 0.29) is 5.92 Å². The van der Waals surface area contributed by atoms with Crippen LogP contribution in [0.25, 0.3) is 61.7 Å². The van der Waals surface area contributed by atoms with E-state index in [0.717, 1.165) is 22.2 Å². The third-order valence-electron chi connectivity index (χ3n) is 8.75. The first-order chi connectivity index (χ1) is 21.8. The molecule has 0 saturated heterocycles. The molecule has 4 nitrogen and oxygen atoms in total. The molecule has 9 rings (SSSR count). The standard InChI is InChI=1S/C40H26N4/c1-4-14-26(15-5-1)35-31-22-11-10-20-29(31)32-24-25-33-30-21-12-13-23-34(30)44(37(33)36(32)35)40-42-38(27-16-6-2-7-17-27)41-39(43-40)28-18-8-3-9-19-28/h1-25,35H. The van der Waals surface area contributed by atoms with Gasteiger partial charge in [-0.05, 0) is 33.9 Å². The second-order valence-corrected chi connectivity index (χ2v) is 11.2. The fourth-order valence-electron chi connectivity index (χ4n) is 6.86. The normalized spacial score (nSPS) is 13.7. The number of hydrogen-bond donors (Lipinski definition) is 0. The minimum atomic E-state index is 0.0817. The first kappa shape index (κ1) is 24.7. The molecule has 8 aromatic rings. The lowest BCUT2D eigenvalue weighted by molar-refractivity contribution is 0.941. The van der Waals surface area contributed by atoms with Crippen LogP contribution in [-0.4, -0.2) is 19.5 Å². The van der Waals surface area contributed by atoms with E-state index in [1.165, 1.54) is 38.6 Å². The maximum Gasteiger partial charge on any atom is 0.238 e. The highest BCUT2D eigenvalue weighted by atomic mass is 15.2. The molecule has 1 aliphatic rings. The lowest BCUT2D eigenvalue weighted by Gasteiger charge is -2.17. The van der Waals surface area contributed by atoms with Crippen LogP contribution in [0.5, 0.6) is 0 Å². The highest BCUT2D eigenvalue weighted by Gasteiger charge is 2.34. The molecule has 0 amide bonds. The third kappa shape index (κ3) is 3.74. The van der Waals surface area contributed by atoms with E-state index in [4.69, 9.17) is 15.0 Å². The van der Waals surface area contributed by atoms with Crippen molar-refractivity contribution in [2.24, 2.45) is 0 Å². The molecular formula is C40H26N4. The Morgan fingerprint density at radius 2 is 1.05 bits per heavy atom. The first-order valence-corrected chi connectivity index (χ1v) is 14.9. The van der Waals surface area contributed by atoms with Gasteiger partial charge in [0.15, 0.2) is 11.6 Å². The quantitative estimate of drug-likeness (QED) is 0.215. The highest BCUT2D eigenvalue weighted by Crippen LogP contribution is 2.52. The van der Waals surface area contributed by atoms with E-state index in [1.54, 1.807) is 0 Å². The molecule has 0 aliphatic heterocycles. The van der Waals surface area contributed by atoms with Crippen molar-refractivity contribution >= 4 is 21.8 Å². The molecule has 0 spiro atoms. The Hall–Kier alpha value is -5.87. The number of nitrogens with zero attached hydrogens (tertiary/aromatic N) is 4. The van der Waals surface area contributed by atoms with Crippen molar-refractivity contribution in [2.75, 3.05) is 0 Å². The largest absolute Gasteiger partial charge is 0.277 e. The van der Waals surface area contributed by atoms with Gasteiger partial charge in [-0.2, -0.15) is 9.97 Å². The average molecular weight is 563 g/mol. The summed E-state index contributed by atoms with van der Waals surface area (Å²) in [5.41, 5.74) is 10.5. The molecule has 0 fully saturated rings. The zero-order valence-corrected chi connectivity index (χ0v) is 23.8. The van der Waals surface area contributed by atoms with Crippen molar-refractivity contribution in [3.8, 4) is 39.9 Å². The molecule has 0 radical (unpaired) electrons. The molecule has 1 unspecified atom stereocenters. The molecule has 0 N–H and O–H groups in total. The summed E-state index contributed by atoms with van der Waals surface area (Å²) in [6.07, 6.45) is 0. The zero-order chi connectivity index (χ0) is 29.0. The van der Waals surface area contributed by atoms with Crippen molar-refractivity contribution in [2.45, 2.75) is 5.92 Å². The van der Waals surface area contributed by atoms with E-state index < -0.39 is 0 Å². The van der Waals surface area contributed by atoms with Gasteiger partial charge in [-0.3, -0.25) is 4.57 Å². The summed E-state index contributed by atoms with van der Waals surface area (Å²) in [6.45, 7) is 0. The Bertz CT molecular complexity index is 2270. The zero-order valence-electron chi connectivity index (χ0n) is 23.8. The number of hydrogen-bond acceptors (Lipinski definition) is 3. The second-order valence-electron chi connectivity index (χ2n) is 11.2. The Morgan fingerprint density at radius 3 is 1.75 bits per heavy atom. The summed E-state index contributed by atoms with van der Waals surface area (Å²) >= 11 is 0. The predicted octanol–water partition coefficient (Wildman–Crippen LogP) is 9.46. The Labute approximate surface area is 255 Å². The number of rotatable bonds is 4. The van der Waals surface area contributed by atoms with Crippen LogP contribution in [0.4, 0.5) is 0 Å². The van der Waals surface area contributed by atoms with Crippen LogP contribution in [-0.2, 0) is 0 Å². The highest BCUT2D eigenvalue weighted by molar-refractivity contribution is 6.12. The van der Waals surface area contributed by atoms with Crippen LogP contribution in [0, 0.1) is 0 Å². The SMILES string of the molecule is c1ccc(-c2nc(-c3ccccc3)nc(-n3c4ccccc4c4ccc5c(c43)C(c3ccccc3)c3ccccc3-5)n2)cc1. The van der Waals surface area contributed by atoms with Crippen LogP contribution >= 0.6 is 0 Å². The van der Waals surface area contributed by atoms with Gasteiger partial charge in [0.25, 0.3) is 0 Å². The van der Waals surface area contributed by atoms with E-state index in [2.05, 4.69) is 120 Å². The lowest BCUT2D eigenvalue weighted by atomic mass is 9.88. The van der Waals surface area contributed by atoms with Crippen LogP contribution in [0.15, 0.2) is 152 Å². The Kier molecular flexibility index (Phi) is 5.53. The fourth-order valence-corrected chi connectivity index (χ4v) is 6.86. The number of benzene rings is 6. The third-order valence-corrected chi connectivity index (χ3v) is 8.75. The summed E-state index contributed by atoms with van der Waals surface area (Å²) in [6, 6.07) is 53.2. The molecule has 0 bridgehead atoms. The molecular weight excluding hydrogens is 536 g/mol. The van der Waals surface area contributed by atoms with Gasteiger partial charge in [-0.15, -0.1) is 0 Å². The van der Waals surface area contributed by atoms with Crippen LogP contribution < -0.4 is 0 Å². The van der Waals surface area contributed by atoms with E-state index in [1.807, 2.05) is 36.4 Å². The monoisotopic (exact) mass is 562 g/mol. The minimum absolute atomic E-state index is 0.0817. The van der Waals surface area contributed by atoms with Crippen molar-refractivity contribution in [1.29, 1.82) is 0 Å². The minimum Gasteiger partial charge on any atom is -0.277 e. The van der Waals surface area contributed by atoms with Crippen LogP contribution in [0.3, 0.4) is 0 Å². The Balaban J connectivity index is 1.42. The summed E-state index contributed by atoms with van der Waals surface area (Å²) < 4.78 is 2.27. The maximum absolute atomic E-state index is 5.19. The molecule has 0 saturated carbocycles. The van der Waals surface area contributed by atoms with Crippen molar-refractivity contribution < 1.29 is 0 Å². The fraction of sp³-hybridized carbons (Fsp3) is 0.0250. The van der Waals surface area contributed by atoms with Gasteiger partial charge in [0.2, 0.25) is 5.95 Å². The summed E-state index contributed by atoms with van der Waals surface area (Å²) in [5, 5.41) is 2.37. The molecule has 2 aromatic heterocycles. The summed E-state index contributed by atoms with van der Waals surface area (Å²) in [5.74, 6) is 1.99. The molecule has 6 aromatic carbocycles. The Morgan fingerprint density at radius 1 is 0.455 bits per heavy atom. The van der Waals surface area contributed by atoms with E-state index >= 15 is 0 Å². The van der Waals surface area contributed by atoms with Gasteiger partial charge in [0, 0.05) is 27.8 Å². The molecule has 206 valence electrons. The number of fused-ring (bicyclic) bond motifs is 7. The van der Waals surface area contributed by atoms with Gasteiger partial charge in [0.05, 0.1) is 11.0 Å². The average Bonchev–Trinajstić information content (AvgIpc) is 3.62. The van der Waals surface area contributed by atoms with Crippen LogP contribution in [0.1, 0.15) is 22.6 Å². The molecule has 2 heterocycles. The number of para-hydroxylation sites is 1. The van der Waals surface area contributed by atoms with E-state index in [0.29, 0.717) is 17.6 Å². The lowest BCUT2D eigenvalue weighted by Crippen LogP contribution is -2.08. The predicted molar refractivity (Wildman–Crippen MR) is 178 cm³/mol. The van der Waals surface area contributed by atoms with Crippen molar-refractivity contribution in [3.05, 3.63) is 168 Å². The van der Waals surface area contributed by atoms with Gasteiger partial charge in [0.1, 0.15) is 0 Å². The second kappa shape index (κ2) is 9.85. The van der Waals surface area contributed by atoms with E-state index in [9.17, 15) is 0 Å². The van der Waals surface area contributed by atoms with Gasteiger partial charge >= 0.3 is 0 Å².